The van der Waals surface area contributed by atoms with E-state index in [9.17, 15) is 9.59 Å². The van der Waals surface area contributed by atoms with E-state index >= 15 is 0 Å². The Bertz CT molecular complexity index is 627. The second-order valence-corrected chi connectivity index (χ2v) is 6.14. The van der Waals surface area contributed by atoms with Crippen LogP contribution < -0.4 is 10.2 Å². The molecule has 2 amide bonds. The number of hydrogen-bond donors (Lipinski definition) is 2. The number of hydrogen-bond acceptors (Lipinski definition) is 5. The van der Waals surface area contributed by atoms with Crippen LogP contribution in [-0.2, 0) is 9.53 Å². The summed E-state index contributed by atoms with van der Waals surface area (Å²) < 4.78 is 11.1. The smallest absolute Gasteiger partial charge is 0.274 e. The first-order valence-electron chi connectivity index (χ1n) is 8.21. The Morgan fingerprint density at radius 1 is 1.25 bits per heavy atom. The molecule has 24 heavy (non-hydrogen) atoms. The van der Waals surface area contributed by atoms with Crippen molar-refractivity contribution in [2.24, 2.45) is 5.92 Å². The molecule has 2 aliphatic heterocycles. The minimum Gasteiger partial charge on any atom is -0.491 e. The monoisotopic (exact) mass is 334 g/mol. The number of carbonyl (C=O) groups is 2. The Morgan fingerprint density at radius 3 is 2.71 bits per heavy atom. The van der Waals surface area contributed by atoms with Gasteiger partial charge in [-0.15, -0.1) is 0 Å². The summed E-state index contributed by atoms with van der Waals surface area (Å²) in [5.74, 6) is 0.168. The van der Waals surface area contributed by atoms with Crippen molar-refractivity contribution in [3.05, 3.63) is 29.3 Å². The predicted molar refractivity (Wildman–Crippen MR) is 84.9 cm³/mol. The summed E-state index contributed by atoms with van der Waals surface area (Å²) >= 11 is 0. The van der Waals surface area contributed by atoms with E-state index in [1.54, 1.807) is 23.7 Å². The maximum Gasteiger partial charge on any atom is 0.274 e. The Morgan fingerprint density at radius 2 is 2.00 bits per heavy atom. The number of ether oxygens (including phenoxy) is 2. The van der Waals surface area contributed by atoms with Crippen LogP contribution in [0.3, 0.4) is 0 Å². The molecular formula is C17H22N2O5. The lowest BCUT2D eigenvalue weighted by Gasteiger charge is -2.32. The molecule has 3 rings (SSSR count). The van der Waals surface area contributed by atoms with E-state index in [0.29, 0.717) is 37.7 Å². The highest BCUT2D eigenvalue weighted by molar-refractivity contribution is 5.93. The summed E-state index contributed by atoms with van der Waals surface area (Å²) in [5, 5.41) is 8.82. The predicted octanol–water partition coefficient (Wildman–Crippen LogP) is 1.51. The fourth-order valence-corrected chi connectivity index (χ4v) is 3.31. The molecule has 2 heterocycles. The molecule has 7 heteroatoms. The summed E-state index contributed by atoms with van der Waals surface area (Å²) in [5.41, 5.74) is 2.73. The standard InChI is InChI=1S/C17H22N2O5/c1-11-14-10-13(16(20)18-22)2-3-15(14)24-9-6-19(11)17(21)12-4-7-23-8-5-12/h2-3,10-12,22H,4-9H2,1H3,(H,18,20). The van der Waals surface area contributed by atoms with Crippen molar-refractivity contribution in [2.75, 3.05) is 26.4 Å². The lowest BCUT2D eigenvalue weighted by Crippen LogP contribution is -2.41. The van der Waals surface area contributed by atoms with Crippen molar-refractivity contribution >= 4 is 11.8 Å². The number of fused-ring (bicyclic) bond motifs is 1. The van der Waals surface area contributed by atoms with Gasteiger partial charge in [0.1, 0.15) is 12.4 Å². The zero-order chi connectivity index (χ0) is 17.1. The topological polar surface area (TPSA) is 88.1 Å². The van der Waals surface area contributed by atoms with E-state index in [-0.39, 0.29) is 17.9 Å². The van der Waals surface area contributed by atoms with Crippen molar-refractivity contribution < 1.29 is 24.3 Å². The minimum atomic E-state index is -0.587. The third-order valence-electron chi connectivity index (χ3n) is 4.73. The number of hydroxylamine groups is 1. The van der Waals surface area contributed by atoms with Crippen molar-refractivity contribution in [3.63, 3.8) is 0 Å². The summed E-state index contributed by atoms with van der Waals surface area (Å²) in [6, 6.07) is 4.76. The van der Waals surface area contributed by atoms with Crippen LogP contribution in [0.15, 0.2) is 18.2 Å². The Labute approximate surface area is 140 Å². The van der Waals surface area contributed by atoms with Crippen molar-refractivity contribution in [1.82, 2.24) is 10.4 Å². The van der Waals surface area contributed by atoms with Gasteiger partial charge < -0.3 is 14.4 Å². The van der Waals surface area contributed by atoms with Gasteiger partial charge in [-0.2, -0.15) is 0 Å². The molecular weight excluding hydrogens is 312 g/mol. The third-order valence-corrected chi connectivity index (χ3v) is 4.73. The van der Waals surface area contributed by atoms with Gasteiger partial charge in [0.2, 0.25) is 5.91 Å². The number of rotatable bonds is 2. The highest BCUT2D eigenvalue weighted by atomic mass is 16.5. The molecule has 1 aromatic carbocycles. The number of nitrogens with zero attached hydrogens (tertiary/aromatic N) is 1. The molecule has 0 bridgehead atoms. The van der Waals surface area contributed by atoms with Gasteiger partial charge in [-0.05, 0) is 38.0 Å². The number of nitrogens with one attached hydrogen (secondary N) is 1. The zero-order valence-electron chi connectivity index (χ0n) is 13.7. The molecule has 130 valence electrons. The lowest BCUT2D eigenvalue weighted by atomic mass is 9.96. The molecule has 1 atom stereocenters. The molecule has 1 aromatic rings. The second-order valence-electron chi connectivity index (χ2n) is 6.14. The average molecular weight is 334 g/mol. The van der Waals surface area contributed by atoms with Crippen LogP contribution in [0.25, 0.3) is 0 Å². The lowest BCUT2D eigenvalue weighted by molar-refractivity contribution is -0.140. The molecule has 0 radical (unpaired) electrons. The Balaban J connectivity index is 1.87. The molecule has 0 aromatic heterocycles. The molecule has 1 fully saturated rings. The largest absolute Gasteiger partial charge is 0.491 e. The Kier molecular flexibility index (Phi) is 5.01. The molecule has 2 N–H and O–H groups in total. The fourth-order valence-electron chi connectivity index (χ4n) is 3.31. The van der Waals surface area contributed by atoms with E-state index in [2.05, 4.69) is 0 Å². The molecule has 2 aliphatic rings. The van der Waals surface area contributed by atoms with Crippen molar-refractivity contribution in [3.8, 4) is 5.75 Å². The maximum atomic E-state index is 12.9. The minimum absolute atomic E-state index is 0.0216. The van der Waals surface area contributed by atoms with Crippen LogP contribution in [0.4, 0.5) is 0 Å². The van der Waals surface area contributed by atoms with Crippen LogP contribution in [0.5, 0.6) is 5.75 Å². The zero-order valence-corrected chi connectivity index (χ0v) is 13.7. The van der Waals surface area contributed by atoms with Gasteiger partial charge in [0.25, 0.3) is 5.91 Å². The van der Waals surface area contributed by atoms with Crippen LogP contribution >= 0.6 is 0 Å². The maximum absolute atomic E-state index is 12.9. The van der Waals surface area contributed by atoms with E-state index in [4.69, 9.17) is 14.7 Å². The SMILES string of the molecule is CC1c2cc(C(=O)NO)ccc2OCCN1C(=O)C1CCOCC1. The second kappa shape index (κ2) is 7.19. The van der Waals surface area contributed by atoms with Gasteiger partial charge in [0.15, 0.2) is 0 Å². The normalized spacial score (nSPS) is 21.4. The summed E-state index contributed by atoms with van der Waals surface area (Å²) in [6.07, 6.45) is 1.48. The first kappa shape index (κ1) is 16.7. The van der Waals surface area contributed by atoms with E-state index in [1.807, 2.05) is 11.8 Å². The highest BCUT2D eigenvalue weighted by Gasteiger charge is 2.32. The van der Waals surface area contributed by atoms with Gasteiger partial charge >= 0.3 is 0 Å². The molecule has 7 nitrogen and oxygen atoms in total. The van der Waals surface area contributed by atoms with Crippen LogP contribution in [0, 0.1) is 5.92 Å². The molecule has 1 saturated heterocycles. The first-order chi connectivity index (χ1) is 11.6. The summed E-state index contributed by atoms with van der Waals surface area (Å²) in [6.45, 7) is 4.09. The molecule has 0 saturated carbocycles. The highest BCUT2D eigenvalue weighted by Crippen LogP contribution is 2.34. The van der Waals surface area contributed by atoms with Crippen LogP contribution in [-0.4, -0.2) is 48.3 Å². The summed E-state index contributed by atoms with van der Waals surface area (Å²) in [4.78, 5) is 26.4. The van der Waals surface area contributed by atoms with Gasteiger partial charge in [0.05, 0.1) is 12.6 Å². The van der Waals surface area contributed by atoms with Gasteiger partial charge in [-0.3, -0.25) is 14.8 Å². The molecule has 0 spiro atoms. The van der Waals surface area contributed by atoms with Crippen molar-refractivity contribution in [2.45, 2.75) is 25.8 Å². The van der Waals surface area contributed by atoms with Gasteiger partial charge in [-0.25, -0.2) is 5.48 Å². The number of carbonyl (C=O) groups excluding carboxylic acids is 2. The van der Waals surface area contributed by atoms with Gasteiger partial charge in [0, 0.05) is 30.3 Å². The van der Waals surface area contributed by atoms with Crippen LogP contribution in [0.2, 0.25) is 0 Å². The number of amides is 2. The van der Waals surface area contributed by atoms with Crippen molar-refractivity contribution in [1.29, 1.82) is 0 Å². The van der Waals surface area contributed by atoms with E-state index in [0.717, 1.165) is 18.4 Å². The number of benzene rings is 1. The van der Waals surface area contributed by atoms with Gasteiger partial charge in [-0.1, -0.05) is 0 Å². The molecule has 0 aliphatic carbocycles. The van der Waals surface area contributed by atoms with E-state index < -0.39 is 5.91 Å². The quantitative estimate of drug-likeness (QED) is 0.632. The van der Waals surface area contributed by atoms with Crippen LogP contribution in [0.1, 0.15) is 41.7 Å². The average Bonchev–Trinajstić information content (AvgIpc) is 2.80. The third kappa shape index (κ3) is 3.22. The fraction of sp³-hybridized carbons (Fsp3) is 0.529. The first-order valence-corrected chi connectivity index (χ1v) is 8.21. The van der Waals surface area contributed by atoms with E-state index in [1.165, 1.54) is 0 Å². The molecule has 1 unspecified atom stereocenters. The summed E-state index contributed by atoms with van der Waals surface area (Å²) in [7, 11) is 0. The Hall–Kier alpha value is -2.12.